The number of esters is 3. The topological polar surface area (TPSA) is 97.4 Å². The monoisotopic (exact) mass is 367 g/mol. The number of carbonyl (C=O) groups is 3. The maximum Gasteiger partial charge on any atom is 0.303 e. The van der Waals surface area contributed by atoms with Crippen LogP contribution in [0.1, 0.15) is 28.5 Å². The molecule has 1 heterocycles. The Labute approximate surface area is 152 Å². The minimum atomic E-state index is -1.20. The smallest absolute Gasteiger partial charge is 0.303 e. The van der Waals surface area contributed by atoms with E-state index in [9.17, 15) is 14.4 Å². The van der Waals surface area contributed by atoms with E-state index in [2.05, 4.69) is 0 Å². The van der Waals surface area contributed by atoms with Gasteiger partial charge in [-0.3, -0.25) is 14.4 Å². The Morgan fingerprint density at radius 3 is 2.31 bits per heavy atom. The van der Waals surface area contributed by atoms with Crippen LogP contribution in [-0.4, -0.2) is 49.1 Å². The first-order chi connectivity index (χ1) is 12.8. The predicted octanol–water partition coefficient (Wildman–Crippen LogP) is 1.61. The lowest BCUT2D eigenvalue weighted by Gasteiger charge is -2.39. The van der Waals surface area contributed by atoms with E-state index in [0.29, 0.717) is 5.75 Å². The van der Waals surface area contributed by atoms with Crippen LogP contribution in [0.3, 0.4) is 0 Å². The van der Waals surface area contributed by atoms with Gasteiger partial charge in [-0.2, -0.15) is 0 Å². The van der Waals surface area contributed by atoms with Crippen LogP contribution in [0, 0.1) is 0 Å². The van der Waals surface area contributed by atoms with Crippen molar-refractivity contribution in [1.82, 2.24) is 0 Å². The molecule has 0 amide bonds. The summed E-state index contributed by atoms with van der Waals surface area (Å²) in [6.07, 6.45) is -5.59. The van der Waals surface area contributed by atoms with Gasteiger partial charge in [-0.05, 0) is 12.1 Å². The average molecular weight is 367 g/mol. The molecule has 0 aromatic heterocycles. The molecule has 1 aliphatic rings. The molecule has 0 radical (unpaired) electrons. The molecule has 8 heteroatoms. The number of carbonyl (C=O) groups excluding carboxylic acids is 3. The van der Waals surface area contributed by atoms with Crippen LogP contribution < -0.4 is 4.74 Å². The van der Waals surface area contributed by atoms with Crippen molar-refractivity contribution in [3.63, 3.8) is 0 Å². The van der Waals surface area contributed by atoms with Crippen molar-refractivity contribution in [1.29, 1.82) is 0 Å². The molecule has 1 aliphatic heterocycles. The van der Waals surface area contributed by atoms with Gasteiger partial charge >= 0.3 is 17.9 Å². The highest BCUT2D eigenvalue weighted by Crippen LogP contribution is 2.28. The van der Waals surface area contributed by atoms with Crippen LogP contribution in [0.4, 0.5) is 0 Å². The SMILES string of the molecule is [2H][C@@H]1[C@@H](Oc2ccccc2)O[C@H](COC(C)=O)[C@H](OC(C)=O)[C@@H]1OC(C)=O. The van der Waals surface area contributed by atoms with Gasteiger partial charge in [0, 0.05) is 22.1 Å². The third-order valence-corrected chi connectivity index (χ3v) is 3.40. The molecule has 142 valence electrons. The fourth-order valence-electron chi connectivity index (χ4n) is 2.44. The van der Waals surface area contributed by atoms with Crippen LogP contribution >= 0.6 is 0 Å². The van der Waals surface area contributed by atoms with Crippen molar-refractivity contribution in [3.8, 4) is 5.75 Å². The first kappa shape index (κ1) is 18.2. The highest BCUT2D eigenvalue weighted by molar-refractivity contribution is 5.67. The van der Waals surface area contributed by atoms with Gasteiger partial charge < -0.3 is 23.7 Å². The highest BCUT2D eigenvalue weighted by atomic mass is 16.7. The Balaban J connectivity index is 2.27. The van der Waals surface area contributed by atoms with Crippen LogP contribution in [0.15, 0.2) is 30.3 Å². The summed E-state index contributed by atoms with van der Waals surface area (Å²) in [5.74, 6) is -1.42. The van der Waals surface area contributed by atoms with Crippen LogP contribution in [0.5, 0.6) is 5.75 Å². The molecule has 26 heavy (non-hydrogen) atoms. The van der Waals surface area contributed by atoms with E-state index < -0.39 is 48.9 Å². The van der Waals surface area contributed by atoms with E-state index in [0.717, 1.165) is 0 Å². The van der Waals surface area contributed by atoms with Crippen molar-refractivity contribution >= 4 is 17.9 Å². The maximum absolute atomic E-state index is 11.5. The number of rotatable bonds is 6. The van der Waals surface area contributed by atoms with Gasteiger partial charge in [0.2, 0.25) is 6.29 Å². The largest absolute Gasteiger partial charge is 0.465 e. The first-order valence-corrected chi connectivity index (χ1v) is 8.05. The number of hydrogen-bond donors (Lipinski definition) is 0. The Morgan fingerprint density at radius 2 is 1.73 bits per heavy atom. The lowest BCUT2D eigenvalue weighted by Crippen LogP contribution is -2.54. The highest BCUT2D eigenvalue weighted by Gasteiger charge is 2.44. The van der Waals surface area contributed by atoms with Crippen molar-refractivity contribution < 1.29 is 39.4 Å². The van der Waals surface area contributed by atoms with Gasteiger partial charge in [0.25, 0.3) is 0 Å². The molecule has 1 saturated heterocycles. The predicted molar refractivity (Wildman–Crippen MR) is 88.1 cm³/mol. The molecule has 8 nitrogen and oxygen atoms in total. The van der Waals surface area contributed by atoms with Gasteiger partial charge in [-0.1, -0.05) is 18.2 Å². The third kappa shape index (κ3) is 6.03. The minimum absolute atomic E-state index is 0.258. The Morgan fingerprint density at radius 1 is 1.08 bits per heavy atom. The van der Waals surface area contributed by atoms with E-state index >= 15 is 0 Å². The first-order valence-electron chi connectivity index (χ1n) is 8.63. The molecule has 2 rings (SSSR count). The number of ether oxygens (including phenoxy) is 5. The average Bonchev–Trinajstić information content (AvgIpc) is 2.59. The fraction of sp³-hybridized carbons (Fsp3) is 0.500. The Bertz CT molecular complexity index is 665. The van der Waals surface area contributed by atoms with E-state index in [1.165, 1.54) is 20.8 Å². The van der Waals surface area contributed by atoms with Crippen molar-refractivity contribution in [2.45, 2.75) is 51.8 Å². The normalized spacial score (nSPS) is 28.4. The summed E-state index contributed by atoms with van der Waals surface area (Å²) < 4.78 is 35.2. The fourth-order valence-corrected chi connectivity index (χ4v) is 2.44. The zero-order chi connectivity index (χ0) is 20.0. The third-order valence-electron chi connectivity index (χ3n) is 3.40. The van der Waals surface area contributed by atoms with Crippen molar-refractivity contribution in [2.75, 3.05) is 6.61 Å². The van der Waals surface area contributed by atoms with Crippen LogP contribution in [0.25, 0.3) is 0 Å². The Hall–Kier alpha value is -2.61. The van der Waals surface area contributed by atoms with Gasteiger partial charge in [-0.25, -0.2) is 0 Å². The molecule has 0 unspecified atom stereocenters. The van der Waals surface area contributed by atoms with E-state index in [4.69, 9.17) is 25.1 Å². The van der Waals surface area contributed by atoms with Crippen LogP contribution in [0.2, 0.25) is 0 Å². The van der Waals surface area contributed by atoms with E-state index in [1.54, 1.807) is 30.3 Å². The molecule has 1 aromatic carbocycles. The summed E-state index contributed by atoms with van der Waals surface area (Å²) in [5.41, 5.74) is 0. The summed E-state index contributed by atoms with van der Waals surface area (Å²) in [4.78, 5) is 34.2. The summed E-state index contributed by atoms with van der Waals surface area (Å²) in [6.45, 7) is 3.32. The number of benzene rings is 1. The second-order valence-electron chi connectivity index (χ2n) is 5.62. The van der Waals surface area contributed by atoms with E-state index in [1.807, 2.05) is 0 Å². The quantitative estimate of drug-likeness (QED) is 0.552. The minimum Gasteiger partial charge on any atom is -0.465 e. The van der Waals surface area contributed by atoms with Crippen molar-refractivity contribution in [3.05, 3.63) is 30.3 Å². The standard InChI is InChI=1S/C18H22O8/c1-11(19)22-10-16-18(24-13(3)21)15(23-12(2)20)9-17(26-16)25-14-7-5-4-6-8-14/h4-8,15-18H,9-10H2,1-3H3/t15-,16-,17+,18-/m1/s1/i9D/t9-,15+,16+,17-,18+/m0. The van der Waals surface area contributed by atoms with Gasteiger partial charge in [-0.15, -0.1) is 0 Å². The molecular formula is C18H22O8. The number of hydrogen-bond acceptors (Lipinski definition) is 8. The summed E-state index contributed by atoms with van der Waals surface area (Å²) in [7, 11) is 0. The summed E-state index contributed by atoms with van der Waals surface area (Å²) in [5, 5.41) is 0. The second-order valence-corrected chi connectivity index (χ2v) is 5.62. The lowest BCUT2D eigenvalue weighted by molar-refractivity contribution is -0.245. The van der Waals surface area contributed by atoms with Crippen LogP contribution in [-0.2, 0) is 33.3 Å². The van der Waals surface area contributed by atoms with Gasteiger partial charge in [0.15, 0.2) is 6.10 Å². The molecule has 0 bridgehead atoms. The molecule has 0 aliphatic carbocycles. The van der Waals surface area contributed by atoms with Crippen molar-refractivity contribution in [2.24, 2.45) is 0 Å². The molecule has 1 fully saturated rings. The Kier molecular flexibility index (Phi) is 6.43. The molecule has 0 N–H and O–H groups in total. The summed E-state index contributed by atoms with van der Waals surface area (Å²) >= 11 is 0. The lowest BCUT2D eigenvalue weighted by atomic mass is 10.0. The maximum atomic E-state index is 11.5. The zero-order valence-electron chi connectivity index (χ0n) is 15.7. The second kappa shape index (κ2) is 9.19. The number of para-hydroxylation sites is 1. The molecule has 5 atom stereocenters. The molecule has 1 aromatic rings. The van der Waals surface area contributed by atoms with E-state index in [-0.39, 0.29) is 6.61 Å². The van der Waals surface area contributed by atoms with Gasteiger partial charge in [0.1, 0.15) is 24.6 Å². The van der Waals surface area contributed by atoms with Gasteiger partial charge in [0.05, 0.1) is 6.40 Å². The molecule has 0 spiro atoms. The summed E-state index contributed by atoms with van der Waals surface area (Å²) in [6, 6.07) is 8.65. The molecular weight excluding hydrogens is 344 g/mol. The zero-order valence-corrected chi connectivity index (χ0v) is 14.7. The molecule has 0 saturated carbocycles.